The van der Waals surface area contributed by atoms with Gasteiger partial charge >= 0.3 is 0 Å². The first-order valence-corrected chi connectivity index (χ1v) is 12.6. The third-order valence-electron chi connectivity index (χ3n) is 5.14. The molecule has 0 saturated carbocycles. The summed E-state index contributed by atoms with van der Waals surface area (Å²) in [5, 5.41) is 2.99. The van der Waals surface area contributed by atoms with Gasteiger partial charge < -0.3 is 19.7 Å². The van der Waals surface area contributed by atoms with Crippen molar-refractivity contribution in [3.8, 4) is 11.5 Å². The molecular weight excluding hydrogens is 496 g/mol. The average Bonchev–Trinajstić information content (AvgIpc) is 2.76. The van der Waals surface area contributed by atoms with Crippen molar-refractivity contribution in [2.75, 3.05) is 13.2 Å². The lowest BCUT2D eigenvalue weighted by molar-refractivity contribution is -0.141. The molecule has 0 radical (unpaired) electrons. The lowest BCUT2D eigenvalue weighted by Crippen LogP contribution is -2.52. The minimum Gasteiger partial charge on any atom is -0.490 e. The number of rotatable bonds is 11. The summed E-state index contributed by atoms with van der Waals surface area (Å²) in [5.74, 6) is 1.13. The zero-order valence-electron chi connectivity index (χ0n) is 21.1. The molecule has 0 unspecified atom stereocenters. The molecule has 7 heteroatoms. The van der Waals surface area contributed by atoms with Gasteiger partial charge in [-0.2, -0.15) is 0 Å². The number of nitrogens with zero attached hydrogens (tertiary/aromatic N) is 1. The summed E-state index contributed by atoms with van der Waals surface area (Å²) in [6, 6.07) is 12.9. The summed E-state index contributed by atoms with van der Waals surface area (Å²) < 4.78 is 12.3. The van der Waals surface area contributed by atoms with Crippen LogP contribution in [0.5, 0.6) is 11.5 Å². The van der Waals surface area contributed by atoms with E-state index in [1.54, 1.807) is 11.8 Å². The molecule has 0 heterocycles. The molecule has 186 valence electrons. The van der Waals surface area contributed by atoms with E-state index in [1.165, 1.54) is 0 Å². The van der Waals surface area contributed by atoms with Gasteiger partial charge in [-0.3, -0.25) is 9.59 Å². The second-order valence-corrected chi connectivity index (χ2v) is 10.1. The van der Waals surface area contributed by atoms with Crippen LogP contribution in [0.3, 0.4) is 0 Å². The van der Waals surface area contributed by atoms with E-state index in [0.717, 1.165) is 15.6 Å². The Morgan fingerprint density at radius 1 is 1.00 bits per heavy atom. The van der Waals surface area contributed by atoms with Gasteiger partial charge in [0.2, 0.25) is 11.8 Å². The van der Waals surface area contributed by atoms with Crippen molar-refractivity contribution in [2.24, 2.45) is 0 Å². The monoisotopic (exact) mass is 532 g/mol. The molecule has 34 heavy (non-hydrogen) atoms. The molecule has 6 nitrogen and oxygen atoms in total. The molecule has 2 rings (SSSR count). The van der Waals surface area contributed by atoms with Gasteiger partial charge in [0, 0.05) is 23.0 Å². The molecule has 0 fully saturated rings. The number of hydrogen-bond acceptors (Lipinski definition) is 4. The maximum Gasteiger partial charge on any atom is 0.242 e. The second-order valence-electron chi connectivity index (χ2n) is 9.21. The minimum atomic E-state index is -0.606. The van der Waals surface area contributed by atoms with E-state index in [-0.39, 0.29) is 23.8 Å². The summed E-state index contributed by atoms with van der Waals surface area (Å²) in [7, 11) is 0. The smallest absolute Gasteiger partial charge is 0.242 e. The van der Waals surface area contributed by atoms with Crippen molar-refractivity contribution in [3.63, 3.8) is 0 Å². The number of carbonyl (C=O) groups is 2. The highest BCUT2D eigenvalue weighted by Gasteiger charge is 2.28. The first kappa shape index (κ1) is 27.7. The zero-order chi connectivity index (χ0) is 25.3. The van der Waals surface area contributed by atoms with Crippen LogP contribution in [0, 0.1) is 0 Å². The molecule has 0 spiro atoms. The maximum absolute atomic E-state index is 13.4. The number of halogens is 1. The third kappa shape index (κ3) is 8.67. The average molecular weight is 534 g/mol. The van der Waals surface area contributed by atoms with Crippen LogP contribution < -0.4 is 14.8 Å². The van der Waals surface area contributed by atoms with Crippen LogP contribution in [0.25, 0.3) is 0 Å². The number of aryl methyl sites for hydroxylation is 1. The van der Waals surface area contributed by atoms with Crippen LogP contribution in [-0.4, -0.2) is 41.5 Å². The minimum absolute atomic E-state index is 0.0802. The lowest BCUT2D eigenvalue weighted by Gasteiger charge is -2.31. The highest BCUT2D eigenvalue weighted by Crippen LogP contribution is 2.29. The van der Waals surface area contributed by atoms with E-state index in [4.69, 9.17) is 9.47 Å². The van der Waals surface area contributed by atoms with Gasteiger partial charge in [-0.05, 0) is 83.4 Å². The number of carbonyl (C=O) groups excluding carboxylic acids is 2. The summed E-state index contributed by atoms with van der Waals surface area (Å²) >= 11 is 3.49. The molecule has 2 aromatic rings. The van der Waals surface area contributed by atoms with Crippen molar-refractivity contribution in [2.45, 2.75) is 72.5 Å². The molecule has 0 aliphatic heterocycles. The van der Waals surface area contributed by atoms with Crippen LogP contribution in [0.2, 0.25) is 0 Å². The number of ether oxygens (including phenoxy) is 2. The summed E-state index contributed by atoms with van der Waals surface area (Å²) in [6.07, 6.45) is 0.814. The Kier molecular flexibility index (Phi) is 10.4. The molecule has 0 bridgehead atoms. The van der Waals surface area contributed by atoms with Crippen molar-refractivity contribution in [3.05, 3.63) is 58.1 Å². The van der Waals surface area contributed by atoms with Gasteiger partial charge in [0.05, 0.1) is 13.2 Å². The quantitative estimate of drug-likeness (QED) is 0.414. The Hall–Kier alpha value is -2.54. The molecule has 0 aliphatic carbocycles. The van der Waals surface area contributed by atoms with E-state index in [9.17, 15) is 9.59 Å². The molecule has 2 aromatic carbocycles. The van der Waals surface area contributed by atoms with Gasteiger partial charge in [-0.25, -0.2) is 0 Å². The van der Waals surface area contributed by atoms with Crippen molar-refractivity contribution in [1.82, 2.24) is 10.2 Å². The first-order chi connectivity index (χ1) is 16.0. The third-order valence-corrected chi connectivity index (χ3v) is 5.64. The van der Waals surface area contributed by atoms with Gasteiger partial charge in [0.25, 0.3) is 0 Å². The summed E-state index contributed by atoms with van der Waals surface area (Å²) in [6.45, 7) is 12.9. The van der Waals surface area contributed by atoms with Crippen molar-refractivity contribution >= 4 is 27.7 Å². The topological polar surface area (TPSA) is 67.9 Å². The summed E-state index contributed by atoms with van der Waals surface area (Å²) in [4.78, 5) is 27.9. The zero-order valence-corrected chi connectivity index (χ0v) is 22.7. The largest absolute Gasteiger partial charge is 0.490 e. The highest BCUT2D eigenvalue weighted by atomic mass is 79.9. The van der Waals surface area contributed by atoms with Crippen LogP contribution in [0.1, 0.15) is 59.1 Å². The summed E-state index contributed by atoms with van der Waals surface area (Å²) in [5.41, 5.74) is 1.56. The molecule has 1 atom stereocenters. The van der Waals surface area contributed by atoms with Gasteiger partial charge in [-0.1, -0.05) is 34.1 Å². The fraction of sp³-hybridized carbons (Fsp3) is 0.481. The molecule has 0 saturated heterocycles. The molecule has 1 N–H and O–H groups in total. The Balaban J connectivity index is 2.20. The van der Waals surface area contributed by atoms with Gasteiger partial charge in [-0.15, -0.1) is 0 Å². The van der Waals surface area contributed by atoms with E-state index in [0.29, 0.717) is 37.7 Å². The van der Waals surface area contributed by atoms with E-state index < -0.39 is 6.04 Å². The van der Waals surface area contributed by atoms with Gasteiger partial charge in [0.1, 0.15) is 6.04 Å². The number of nitrogens with one attached hydrogen (secondary N) is 1. The number of amides is 2. The van der Waals surface area contributed by atoms with Crippen molar-refractivity contribution in [1.29, 1.82) is 0 Å². The molecule has 0 aliphatic rings. The number of hydrogen-bond donors (Lipinski definition) is 1. The van der Waals surface area contributed by atoms with E-state index in [2.05, 4.69) is 21.2 Å². The van der Waals surface area contributed by atoms with Crippen LogP contribution in [-0.2, 0) is 22.6 Å². The molecule has 0 aromatic heterocycles. The maximum atomic E-state index is 13.4. The Bertz CT molecular complexity index is 971. The lowest BCUT2D eigenvalue weighted by atomic mass is 10.1. The predicted octanol–water partition coefficient (Wildman–Crippen LogP) is 5.51. The standard InChI is InChI=1S/C27H37BrN2O4/c1-7-33-23-14-12-20(17-24(23)34-8-2)13-15-25(31)30(18-21-10-9-11-22(28)16-21)19(3)26(32)29-27(4,5)6/h9-12,14,16-17,19H,7-8,13,15,18H2,1-6H3,(H,29,32)/t19-/m1/s1. The Morgan fingerprint density at radius 3 is 2.29 bits per heavy atom. The van der Waals surface area contributed by atoms with E-state index >= 15 is 0 Å². The second kappa shape index (κ2) is 12.8. The highest BCUT2D eigenvalue weighted by molar-refractivity contribution is 9.10. The van der Waals surface area contributed by atoms with Crippen LogP contribution >= 0.6 is 15.9 Å². The number of benzene rings is 2. The molecular formula is C27H37BrN2O4. The van der Waals surface area contributed by atoms with Gasteiger partial charge in [0.15, 0.2) is 11.5 Å². The Labute approximate surface area is 212 Å². The van der Waals surface area contributed by atoms with Crippen LogP contribution in [0.4, 0.5) is 0 Å². The first-order valence-electron chi connectivity index (χ1n) is 11.8. The SMILES string of the molecule is CCOc1ccc(CCC(=O)N(Cc2cccc(Br)c2)[C@H](C)C(=O)NC(C)(C)C)cc1OCC. The normalized spacial score (nSPS) is 12.1. The fourth-order valence-electron chi connectivity index (χ4n) is 3.53. The fourth-order valence-corrected chi connectivity index (χ4v) is 3.98. The Morgan fingerprint density at radius 2 is 1.68 bits per heavy atom. The van der Waals surface area contributed by atoms with E-state index in [1.807, 2.05) is 77.1 Å². The predicted molar refractivity (Wildman–Crippen MR) is 139 cm³/mol. The van der Waals surface area contributed by atoms with Crippen molar-refractivity contribution < 1.29 is 19.1 Å². The molecule has 2 amide bonds. The van der Waals surface area contributed by atoms with Crippen LogP contribution in [0.15, 0.2) is 46.9 Å².